The van der Waals surface area contributed by atoms with Gasteiger partial charge in [0.2, 0.25) is 0 Å². The third-order valence-corrected chi connectivity index (χ3v) is 7.47. The molecule has 37 heavy (non-hydrogen) atoms. The van der Waals surface area contributed by atoms with Crippen molar-refractivity contribution in [2.45, 2.75) is 62.6 Å². The first-order valence-electron chi connectivity index (χ1n) is 12.1. The molecule has 5 rings (SSSR count). The molecule has 1 amide bonds. The smallest absolute Gasteiger partial charge is 0.375 e. The number of carbonyl (C=O) groups excluding carboxylic acids is 1. The molecular formula is C26H25F3N6O2. The zero-order valence-corrected chi connectivity index (χ0v) is 20.2. The quantitative estimate of drug-likeness (QED) is 0.522. The summed E-state index contributed by atoms with van der Waals surface area (Å²) in [5, 5.41) is 16.9. The van der Waals surface area contributed by atoms with Gasteiger partial charge in [0.25, 0.3) is 5.91 Å². The van der Waals surface area contributed by atoms with E-state index in [9.17, 15) is 23.2 Å². The summed E-state index contributed by atoms with van der Waals surface area (Å²) in [4.78, 5) is 21.2. The van der Waals surface area contributed by atoms with Crippen molar-refractivity contribution in [2.24, 2.45) is 0 Å². The van der Waals surface area contributed by atoms with Gasteiger partial charge in [-0.15, -0.1) is 0 Å². The molecule has 8 nitrogen and oxygen atoms in total. The average molecular weight is 511 g/mol. The van der Waals surface area contributed by atoms with Crippen LogP contribution >= 0.6 is 0 Å². The first kappa shape index (κ1) is 24.9. The maximum atomic E-state index is 12.9. The van der Waals surface area contributed by atoms with E-state index in [4.69, 9.17) is 4.74 Å². The van der Waals surface area contributed by atoms with Crippen molar-refractivity contribution in [1.29, 1.82) is 5.26 Å². The highest BCUT2D eigenvalue weighted by molar-refractivity contribution is 6.04. The van der Waals surface area contributed by atoms with Crippen molar-refractivity contribution in [1.82, 2.24) is 19.7 Å². The van der Waals surface area contributed by atoms with Crippen molar-refractivity contribution in [2.75, 3.05) is 11.9 Å². The van der Waals surface area contributed by atoms with Crippen LogP contribution < -0.4 is 5.32 Å². The Bertz CT molecular complexity index is 1330. The number of amides is 1. The predicted molar refractivity (Wildman–Crippen MR) is 127 cm³/mol. The summed E-state index contributed by atoms with van der Waals surface area (Å²) in [5.41, 5.74) is 0.161. The number of ether oxygens (including phenoxy) is 1. The van der Waals surface area contributed by atoms with Crippen molar-refractivity contribution < 1.29 is 22.7 Å². The van der Waals surface area contributed by atoms with Crippen LogP contribution in [0.4, 0.5) is 18.9 Å². The number of nitrogens with zero attached hydrogens (tertiary/aromatic N) is 5. The van der Waals surface area contributed by atoms with Gasteiger partial charge in [-0.25, -0.2) is 9.67 Å². The molecule has 4 heterocycles. The third-order valence-electron chi connectivity index (χ3n) is 7.47. The summed E-state index contributed by atoms with van der Waals surface area (Å²) in [5.74, 6) is -0.284. The molecule has 2 fully saturated rings. The molecule has 3 aromatic heterocycles. The lowest BCUT2D eigenvalue weighted by molar-refractivity contribution is -0.137. The number of hydrogen-bond donors (Lipinski definition) is 1. The molecule has 3 aromatic rings. The van der Waals surface area contributed by atoms with E-state index >= 15 is 0 Å². The topological polar surface area (TPSA) is 106 Å². The van der Waals surface area contributed by atoms with E-state index in [1.54, 1.807) is 19.1 Å². The normalized spacial score (nSPS) is 23.6. The van der Waals surface area contributed by atoms with Crippen LogP contribution in [0.5, 0.6) is 0 Å². The third kappa shape index (κ3) is 4.69. The Balaban J connectivity index is 1.27. The first-order valence-corrected chi connectivity index (χ1v) is 12.1. The summed E-state index contributed by atoms with van der Waals surface area (Å²) >= 11 is 0. The Kier molecular flexibility index (Phi) is 6.23. The number of carbonyl (C=O) groups is 1. The molecular weight excluding hydrogens is 485 g/mol. The number of rotatable bonds is 4. The largest absolute Gasteiger partial charge is 0.417 e. The molecule has 1 N–H and O–H groups in total. The Labute approximate surface area is 211 Å². The number of pyridine rings is 2. The Morgan fingerprint density at radius 1 is 1.08 bits per heavy atom. The number of nitrogens with one attached hydrogen (secondary N) is 1. The van der Waals surface area contributed by atoms with Crippen LogP contribution in [0, 0.1) is 18.3 Å². The highest BCUT2D eigenvalue weighted by atomic mass is 19.4. The van der Waals surface area contributed by atoms with Gasteiger partial charge in [0.15, 0.2) is 5.82 Å². The minimum Gasteiger partial charge on any atom is -0.375 e. The average Bonchev–Trinajstić information content (AvgIpc) is 3.51. The fourth-order valence-corrected chi connectivity index (χ4v) is 5.20. The highest BCUT2D eigenvalue weighted by Crippen LogP contribution is 2.47. The Morgan fingerprint density at radius 3 is 2.43 bits per heavy atom. The number of aromatic nitrogens is 4. The minimum absolute atomic E-state index is 0.0908. The van der Waals surface area contributed by atoms with E-state index in [0.29, 0.717) is 29.9 Å². The first-order chi connectivity index (χ1) is 17.6. The molecule has 0 bridgehead atoms. The van der Waals surface area contributed by atoms with Crippen LogP contribution in [-0.2, 0) is 16.3 Å². The van der Waals surface area contributed by atoms with Crippen molar-refractivity contribution in [3.63, 3.8) is 0 Å². The van der Waals surface area contributed by atoms with Gasteiger partial charge >= 0.3 is 6.18 Å². The second kappa shape index (κ2) is 9.27. The second-order valence-corrected chi connectivity index (χ2v) is 9.67. The molecule has 1 saturated heterocycles. The van der Waals surface area contributed by atoms with Gasteiger partial charge < -0.3 is 10.1 Å². The monoisotopic (exact) mass is 510 g/mol. The maximum Gasteiger partial charge on any atom is 0.417 e. The number of alkyl halides is 3. The van der Waals surface area contributed by atoms with Crippen LogP contribution in [-0.4, -0.2) is 37.9 Å². The minimum atomic E-state index is -4.49. The van der Waals surface area contributed by atoms with E-state index in [0.717, 1.165) is 44.6 Å². The van der Waals surface area contributed by atoms with Gasteiger partial charge in [-0.1, -0.05) is 0 Å². The molecule has 11 heteroatoms. The van der Waals surface area contributed by atoms with Gasteiger partial charge in [0.05, 0.1) is 57.7 Å². The lowest BCUT2D eigenvalue weighted by Gasteiger charge is -2.40. The molecule has 2 aliphatic rings. The summed E-state index contributed by atoms with van der Waals surface area (Å²) < 4.78 is 45.7. The van der Waals surface area contributed by atoms with Gasteiger partial charge in [-0.05, 0) is 69.7 Å². The molecule has 1 spiro atoms. The fraction of sp³-hybridized carbons (Fsp3) is 0.423. The Hall–Kier alpha value is -3.78. The summed E-state index contributed by atoms with van der Waals surface area (Å²) in [6.45, 7) is 2.41. The molecule has 1 saturated carbocycles. The van der Waals surface area contributed by atoms with Crippen LogP contribution in [0.15, 0.2) is 42.9 Å². The molecule has 0 radical (unpaired) electrons. The number of nitriles is 1. The lowest BCUT2D eigenvalue weighted by atomic mass is 9.67. The van der Waals surface area contributed by atoms with Gasteiger partial charge in [-0.2, -0.15) is 23.5 Å². The van der Waals surface area contributed by atoms with Crippen LogP contribution in [0.3, 0.4) is 0 Å². The SMILES string of the molecule is Cc1c(C(=O)Nc2ccc([C@]3(C#N)CC[C@]4(CCCO4)CC3)nc2)cnn1-c1ccc(C(F)(F)F)cn1. The zero-order chi connectivity index (χ0) is 26.3. The van der Waals surface area contributed by atoms with Gasteiger partial charge in [-0.3, -0.25) is 9.78 Å². The van der Waals surface area contributed by atoms with E-state index in [-0.39, 0.29) is 17.0 Å². The molecule has 0 aromatic carbocycles. The van der Waals surface area contributed by atoms with E-state index in [1.807, 2.05) is 0 Å². The molecule has 0 unspecified atom stereocenters. The highest BCUT2D eigenvalue weighted by Gasteiger charge is 2.46. The predicted octanol–water partition coefficient (Wildman–Crippen LogP) is 5.13. The maximum absolute atomic E-state index is 12.9. The summed E-state index contributed by atoms with van der Waals surface area (Å²) in [6, 6.07) is 8.08. The lowest BCUT2D eigenvalue weighted by Crippen LogP contribution is -2.40. The fourth-order valence-electron chi connectivity index (χ4n) is 5.20. The number of halogens is 3. The Morgan fingerprint density at radius 2 is 1.86 bits per heavy atom. The van der Waals surface area contributed by atoms with Crippen molar-refractivity contribution in [3.8, 4) is 11.9 Å². The number of hydrogen-bond acceptors (Lipinski definition) is 6. The van der Waals surface area contributed by atoms with E-state index in [2.05, 4.69) is 26.5 Å². The van der Waals surface area contributed by atoms with Crippen LogP contribution in [0.2, 0.25) is 0 Å². The molecule has 192 valence electrons. The van der Waals surface area contributed by atoms with Crippen LogP contribution in [0.1, 0.15) is 65.8 Å². The molecule has 0 atom stereocenters. The van der Waals surface area contributed by atoms with Gasteiger partial charge in [0, 0.05) is 12.8 Å². The molecule has 1 aliphatic heterocycles. The van der Waals surface area contributed by atoms with Crippen LogP contribution in [0.25, 0.3) is 5.82 Å². The molecule has 1 aliphatic carbocycles. The second-order valence-electron chi connectivity index (χ2n) is 9.67. The summed E-state index contributed by atoms with van der Waals surface area (Å²) in [6.07, 6.45) is 4.22. The van der Waals surface area contributed by atoms with Crippen molar-refractivity contribution >= 4 is 11.6 Å². The standard InChI is InChI=1S/C26H25F3N6O2/c1-17-20(15-33-35(17)22-6-3-18(13-32-22)26(27,28)29)23(36)34-19-4-5-21(31-14-19)24(16-30)8-10-25(11-9-24)7-2-12-37-25/h3-6,13-15H,2,7-12H2,1H3,(H,34,36)/t24-,25-. The zero-order valence-electron chi connectivity index (χ0n) is 20.2. The van der Waals surface area contributed by atoms with Gasteiger partial charge in [0.1, 0.15) is 0 Å². The van der Waals surface area contributed by atoms with E-state index < -0.39 is 23.1 Å². The van der Waals surface area contributed by atoms with Crippen molar-refractivity contribution in [3.05, 3.63) is 65.4 Å². The van der Waals surface area contributed by atoms with E-state index in [1.165, 1.54) is 23.1 Å². The summed E-state index contributed by atoms with van der Waals surface area (Å²) in [7, 11) is 0. The number of anilines is 1.